The highest BCUT2D eigenvalue weighted by Gasteiger charge is 2.02. The van der Waals surface area contributed by atoms with Gasteiger partial charge in [0.05, 0.1) is 6.42 Å². The van der Waals surface area contributed by atoms with Gasteiger partial charge in [-0.05, 0) is 6.92 Å². The number of carboxylic acids is 1. The zero-order chi connectivity index (χ0) is 5.86. The van der Waals surface area contributed by atoms with Gasteiger partial charge in [-0.1, -0.05) is 0 Å². The van der Waals surface area contributed by atoms with Gasteiger partial charge >= 0.3 is 5.97 Å². The number of hydrogen-bond acceptors (Lipinski definition) is 1. The average molecular weight is 106 g/mol. The minimum atomic E-state index is -1.22. The van der Waals surface area contributed by atoms with Crippen molar-refractivity contribution in [2.75, 3.05) is 0 Å². The highest BCUT2D eigenvalue weighted by atomic mass is 19.1. The maximum Gasteiger partial charge on any atom is 0.306 e. The summed E-state index contributed by atoms with van der Waals surface area (Å²) in [5.74, 6) is -1.09. The van der Waals surface area contributed by atoms with E-state index in [4.69, 9.17) is 5.11 Å². The molecule has 0 aliphatic rings. The van der Waals surface area contributed by atoms with Crippen molar-refractivity contribution in [2.45, 2.75) is 19.5 Å². The summed E-state index contributed by atoms with van der Waals surface area (Å²) < 4.78 is 11.6. The molecule has 0 saturated heterocycles. The Morgan fingerprint density at radius 2 is 2.43 bits per heavy atom. The van der Waals surface area contributed by atoms with Crippen molar-refractivity contribution in [1.29, 1.82) is 0 Å². The normalized spacial score (nSPS) is 13.4. The smallest absolute Gasteiger partial charge is 0.306 e. The summed E-state index contributed by atoms with van der Waals surface area (Å²) >= 11 is 0. The van der Waals surface area contributed by atoms with E-state index in [0.717, 1.165) is 0 Å². The Hall–Kier alpha value is -0.600. The lowest BCUT2D eigenvalue weighted by Gasteiger charge is -1.90. The second-order valence-corrected chi connectivity index (χ2v) is 1.38. The van der Waals surface area contributed by atoms with E-state index in [1.807, 2.05) is 0 Å². The van der Waals surface area contributed by atoms with Crippen LogP contribution < -0.4 is 0 Å². The van der Waals surface area contributed by atoms with Gasteiger partial charge in [-0.2, -0.15) is 0 Å². The van der Waals surface area contributed by atoms with Crippen LogP contribution in [0, 0.1) is 0 Å². The third-order valence-corrected chi connectivity index (χ3v) is 0.456. The van der Waals surface area contributed by atoms with Gasteiger partial charge in [-0.25, -0.2) is 4.39 Å². The number of halogens is 1. The topological polar surface area (TPSA) is 37.3 Å². The lowest BCUT2D eigenvalue weighted by molar-refractivity contribution is -0.138. The zero-order valence-corrected chi connectivity index (χ0v) is 4.02. The fourth-order valence-electron chi connectivity index (χ4n) is 0.241. The molecule has 1 N–H and O–H groups in total. The molecule has 0 saturated carbocycles. The van der Waals surface area contributed by atoms with Crippen LogP contribution in [-0.2, 0) is 4.79 Å². The highest BCUT2D eigenvalue weighted by Crippen LogP contribution is 1.92. The number of aliphatic carboxylic acids is 1. The van der Waals surface area contributed by atoms with Gasteiger partial charge in [0.15, 0.2) is 0 Å². The molecule has 0 radical (unpaired) electrons. The predicted octanol–water partition coefficient (Wildman–Crippen LogP) is 0.819. The number of carboxylic acid groups (broad SMARTS) is 1. The molecule has 0 bridgehead atoms. The lowest BCUT2D eigenvalue weighted by Crippen LogP contribution is -2.02. The van der Waals surface area contributed by atoms with E-state index in [9.17, 15) is 9.18 Å². The first-order valence-electron chi connectivity index (χ1n) is 1.99. The Balaban J connectivity index is 3.13. The first-order chi connectivity index (χ1) is 3.13. The molecule has 0 spiro atoms. The molecular formula is C4H7FO2. The molecule has 0 aliphatic carbocycles. The summed E-state index contributed by atoms with van der Waals surface area (Å²) in [5.41, 5.74) is 0. The van der Waals surface area contributed by atoms with Crippen LogP contribution in [0.3, 0.4) is 0 Å². The molecule has 0 aliphatic heterocycles. The molecule has 2 nitrogen and oxygen atoms in total. The van der Waals surface area contributed by atoms with Crippen LogP contribution in [0.2, 0.25) is 0 Å². The minimum absolute atomic E-state index is 0.389. The SMILES string of the molecule is C[C@@H](F)CC(=O)O. The summed E-state index contributed by atoms with van der Waals surface area (Å²) in [7, 11) is 0. The number of hydrogen-bond donors (Lipinski definition) is 1. The predicted molar refractivity (Wildman–Crippen MR) is 22.8 cm³/mol. The van der Waals surface area contributed by atoms with Crippen LogP contribution in [0.5, 0.6) is 0 Å². The van der Waals surface area contributed by atoms with Crippen molar-refractivity contribution in [3.05, 3.63) is 0 Å². The first-order valence-corrected chi connectivity index (χ1v) is 1.99. The highest BCUT2D eigenvalue weighted by molar-refractivity contribution is 5.67. The van der Waals surface area contributed by atoms with Crippen molar-refractivity contribution >= 4 is 5.97 Å². The summed E-state index contributed by atoms with van der Waals surface area (Å²) in [6, 6.07) is 0. The second kappa shape index (κ2) is 2.55. The lowest BCUT2D eigenvalue weighted by atomic mass is 10.3. The van der Waals surface area contributed by atoms with E-state index in [-0.39, 0.29) is 6.42 Å². The third-order valence-electron chi connectivity index (χ3n) is 0.456. The molecule has 0 fully saturated rings. The standard InChI is InChI=1S/C4H7FO2/c1-3(5)2-4(6)7/h3H,2H2,1H3,(H,6,7)/t3-/m1/s1. The minimum Gasteiger partial charge on any atom is -0.481 e. The van der Waals surface area contributed by atoms with Gasteiger partial charge < -0.3 is 5.11 Å². The van der Waals surface area contributed by atoms with Gasteiger partial charge in [-0.3, -0.25) is 4.79 Å². The summed E-state index contributed by atoms with van der Waals surface area (Å²) in [6.45, 7) is 1.22. The summed E-state index contributed by atoms with van der Waals surface area (Å²) in [5, 5.41) is 7.84. The van der Waals surface area contributed by atoms with Crippen LogP contribution in [0.1, 0.15) is 13.3 Å². The second-order valence-electron chi connectivity index (χ2n) is 1.38. The zero-order valence-electron chi connectivity index (χ0n) is 4.02. The monoisotopic (exact) mass is 106 g/mol. The molecule has 3 heteroatoms. The van der Waals surface area contributed by atoms with E-state index in [1.165, 1.54) is 6.92 Å². The van der Waals surface area contributed by atoms with Gasteiger partial charge in [0.1, 0.15) is 6.17 Å². The molecule has 0 aromatic rings. The van der Waals surface area contributed by atoms with Crippen molar-refractivity contribution in [2.24, 2.45) is 0 Å². The Bertz CT molecular complexity index is 70.1. The maximum atomic E-state index is 11.6. The Labute approximate surface area is 41.0 Å². The number of carbonyl (C=O) groups is 1. The van der Waals surface area contributed by atoms with Crippen LogP contribution in [0.25, 0.3) is 0 Å². The summed E-state index contributed by atoms with van der Waals surface area (Å²) in [4.78, 5) is 9.57. The molecule has 0 heterocycles. The Morgan fingerprint density at radius 3 is 2.43 bits per heavy atom. The van der Waals surface area contributed by atoms with E-state index in [0.29, 0.717) is 0 Å². The largest absolute Gasteiger partial charge is 0.481 e. The molecule has 1 atom stereocenters. The first kappa shape index (κ1) is 6.40. The number of rotatable bonds is 2. The van der Waals surface area contributed by atoms with Crippen LogP contribution in [0.15, 0.2) is 0 Å². The van der Waals surface area contributed by atoms with Gasteiger partial charge in [0.25, 0.3) is 0 Å². The van der Waals surface area contributed by atoms with Crippen LogP contribution in [0.4, 0.5) is 4.39 Å². The van der Waals surface area contributed by atoms with Crippen LogP contribution in [-0.4, -0.2) is 17.2 Å². The van der Waals surface area contributed by atoms with E-state index >= 15 is 0 Å². The van der Waals surface area contributed by atoms with Crippen LogP contribution >= 0.6 is 0 Å². The fourth-order valence-corrected chi connectivity index (χ4v) is 0.241. The van der Waals surface area contributed by atoms with Gasteiger partial charge in [-0.15, -0.1) is 0 Å². The van der Waals surface area contributed by atoms with Gasteiger partial charge in [0, 0.05) is 0 Å². The fraction of sp³-hybridized carbons (Fsp3) is 0.750. The molecule has 0 unspecified atom stereocenters. The van der Waals surface area contributed by atoms with Gasteiger partial charge in [0.2, 0.25) is 0 Å². The van der Waals surface area contributed by atoms with E-state index in [2.05, 4.69) is 0 Å². The molecule has 0 amide bonds. The number of alkyl halides is 1. The Morgan fingerprint density at radius 1 is 2.00 bits per heavy atom. The molecule has 0 rings (SSSR count). The Kier molecular flexibility index (Phi) is 2.33. The molecule has 0 aromatic carbocycles. The average Bonchev–Trinajstić information content (AvgIpc) is 1.27. The maximum absolute atomic E-state index is 11.6. The van der Waals surface area contributed by atoms with Crippen molar-refractivity contribution in [1.82, 2.24) is 0 Å². The van der Waals surface area contributed by atoms with Crippen molar-refractivity contribution in [3.63, 3.8) is 0 Å². The summed E-state index contributed by atoms with van der Waals surface area (Å²) in [6.07, 6.45) is -1.61. The molecular weight excluding hydrogens is 99.0 g/mol. The molecule has 7 heavy (non-hydrogen) atoms. The van der Waals surface area contributed by atoms with E-state index < -0.39 is 12.1 Å². The van der Waals surface area contributed by atoms with Crippen molar-refractivity contribution in [3.8, 4) is 0 Å². The van der Waals surface area contributed by atoms with Crippen molar-refractivity contribution < 1.29 is 14.3 Å². The van der Waals surface area contributed by atoms with E-state index in [1.54, 1.807) is 0 Å². The molecule has 42 valence electrons. The quantitative estimate of drug-likeness (QED) is 0.565. The third kappa shape index (κ3) is 5.40. The molecule has 0 aromatic heterocycles.